The van der Waals surface area contributed by atoms with Crippen LogP contribution in [0.2, 0.25) is 0 Å². The lowest BCUT2D eigenvalue weighted by Crippen LogP contribution is -2.11. The summed E-state index contributed by atoms with van der Waals surface area (Å²) in [5, 5.41) is 3.47. The van der Waals surface area contributed by atoms with Crippen molar-refractivity contribution in [1.29, 1.82) is 0 Å². The Morgan fingerprint density at radius 3 is 2.83 bits per heavy atom. The molecule has 0 saturated heterocycles. The van der Waals surface area contributed by atoms with Crippen molar-refractivity contribution in [3.63, 3.8) is 0 Å². The summed E-state index contributed by atoms with van der Waals surface area (Å²) in [5.74, 6) is 2.13. The van der Waals surface area contributed by atoms with E-state index in [-0.39, 0.29) is 12.7 Å². The Labute approximate surface area is 147 Å². The summed E-state index contributed by atoms with van der Waals surface area (Å²) < 4.78 is 11.7. The minimum Gasteiger partial charge on any atom is -0.454 e. The first-order valence-electron chi connectivity index (χ1n) is 7.46. The van der Waals surface area contributed by atoms with Gasteiger partial charge in [0.25, 0.3) is 0 Å². The van der Waals surface area contributed by atoms with Gasteiger partial charge in [0.2, 0.25) is 12.7 Å². The van der Waals surface area contributed by atoms with Crippen molar-refractivity contribution >= 4 is 44.4 Å². The van der Waals surface area contributed by atoms with Gasteiger partial charge in [-0.3, -0.25) is 4.79 Å². The number of carbonyl (C=O) groups is 1. The number of hydrogen-bond donors (Lipinski definition) is 1. The van der Waals surface area contributed by atoms with Crippen LogP contribution < -0.4 is 14.8 Å². The number of nitrogens with one attached hydrogen (secondary N) is 1. The molecule has 0 radical (unpaired) electrons. The number of hydrogen-bond acceptors (Lipinski definition) is 6. The number of nitrogens with zero attached hydrogens (tertiary/aromatic N) is 1. The molecule has 2 heterocycles. The average Bonchev–Trinajstić information content (AvgIpc) is 3.18. The van der Waals surface area contributed by atoms with Crippen molar-refractivity contribution in [2.24, 2.45) is 0 Å². The highest BCUT2D eigenvalue weighted by molar-refractivity contribution is 7.99. The molecule has 5 nitrogen and oxygen atoms in total. The second-order valence-corrected chi connectivity index (χ2v) is 7.35. The van der Waals surface area contributed by atoms with Crippen LogP contribution >= 0.6 is 23.1 Å². The number of thiazole rings is 1. The zero-order chi connectivity index (χ0) is 16.4. The molecule has 1 aromatic heterocycles. The molecule has 1 N–H and O–H groups in total. The summed E-state index contributed by atoms with van der Waals surface area (Å²) in [4.78, 5) is 17.7. The van der Waals surface area contributed by atoms with Crippen molar-refractivity contribution in [1.82, 2.24) is 4.98 Å². The number of fused-ring (bicyclic) bond motifs is 2. The number of aromatic nitrogens is 1. The zero-order valence-corrected chi connectivity index (χ0v) is 14.3. The van der Waals surface area contributed by atoms with E-state index in [2.05, 4.69) is 10.3 Å². The molecular weight excluding hydrogens is 344 g/mol. The second-order valence-electron chi connectivity index (χ2n) is 5.15. The molecule has 0 atom stereocenters. The molecule has 0 spiro atoms. The standard InChI is InChI=1S/C17H14N2O3S2/c20-16(6-7-23-11-4-2-1-3-5-11)19-17-18-12-8-13-14(22-10-21-13)9-15(12)24-17/h1-5,8-9H,6-7,10H2,(H,18,19,20). The lowest BCUT2D eigenvalue weighted by atomic mass is 10.3. The predicted molar refractivity (Wildman–Crippen MR) is 96.2 cm³/mol. The molecule has 1 aliphatic heterocycles. The fraction of sp³-hybridized carbons (Fsp3) is 0.176. The van der Waals surface area contributed by atoms with Crippen molar-refractivity contribution in [3.05, 3.63) is 42.5 Å². The topological polar surface area (TPSA) is 60.5 Å². The van der Waals surface area contributed by atoms with Crippen LogP contribution in [0.5, 0.6) is 11.5 Å². The number of rotatable bonds is 5. The molecule has 0 fully saturated rings. The molecular formula is C17H14N2O3S2. The largest absolute Gasteiger partial charge is 0.454 e. The first-order valence-corrected chi connectivity index (χ1v) is 9.26. The fourth-order valence-electron chi connectivity index (χ4n) is 2.33. The second kappa shape index (κ2) is 6.70. The van der Waals surface area contributed by atoms with Crippen LogP contribution in [-0.4, -0.2) is 23.4 Å². The summed E-state index contributed by atoms with van der Waals surface area (Å²) in [7, 11) is 0. The van der Waals surface area contributed by atoms with Gasteiger partial charge in [-0.1, -0.05) is 29.5 Å². The Morgan fingerprint density at radius 2 is 2.00 bits per heavy atom. The molecule has 2 aromatic carbocycles. The molecule has 4 rings (SSSR count). The maximum absolute atomic E-state index is 12.1. The maximum atomic E-state index is 12.1. The quantitative estimate of drug-likeness (QED) is 0.695. The van der Waals surface area contributed by atoms with Gasteiger partial charge in [0.15, 0.2) is 16.6 Å². The zero-order valence-electron chi connectivity index (χ0n) is 12.7. The molecule has 7 heteroatoms. The number of amides is 1. The lowest BCUT2D eigenvalue weighted by molar-refractivity contribution is -0.115. The summed E-state index contributed by atoms with van der Waals surface area (Å²) >= 11 is 3.10. The molecule has 1 aliphatic rings. The van der Waals surface area contributed by atoms with Gasteiger partial charge in [0, 0.05) is 29.2 Å². The molecule has 0 aliphatic carbocycles. The van der Waals surface area contributed by atoms with Crippen LogP contribution in [0.4, 0.5) is 5.13 Å². The van der Waals surface area contributed by atoms with E-state index in [9.17, 15) is 4.79 Å². The van der Waals surface area contributed by atoms with Gasteiger partial charge in [0.1, 0.15) is 0 Å². The Kier molecular flexibility index (Phi) is 4.27. The molecule has 0 bridgehead atoms. The van der Waals surface area contributed by atoms with Crippen molar-refractivity contribution < 1.29 is 14.3 Å². The number of anilines is 1. The van der Waals surface area contributed by atoms with Gasteiger partial charge in [-0.2, -0.15) is 0 Å². The van der Waals surface area contributed by atoms with E-state index >= 15 is 0 Å². The van der Waals surface area contributed by atoms with Crippen LogP contribution in [-0.2, 0) is 4.79 Å². The van der Waals surface area contributed by atoms with E-state index in [1.54, 1.807) is 11.8 Å². The maximum Gasteiger partial charge on any atom is 0.231 e. The van der Waals surface area contributed by atoms with Gasteiger partial charge in [0.05, 0.1) is 10.2 Å². The van der Waals surface area contributed by atoms with Crippen molar-refractivity contribution in [3.8, 4) is 11.5 Å². The van der Waals surface area contributed by atoms with E-state index in [4.69, 9.17) is 9.47 Å². The highest BCUT2D eigenvalue weighted by Crippen LogP contribution is 2.38. The number of carbonyl (C=O) groups excluding carboxylic acids is 1. The molecule has 122 valence electrons. The predicted octanol–water partition coefficient (Wildman–Crippen LogP) is 4.15. The Balaban J connectivity index is 1.36. The number of ether oxygens (including phenoxy) is 2. The van der Waals surface area contributed by atoms with E-state index in [1.165, 1.54) is 16.2 Å². The van der Waals surface area contributed by atoms with Gasteiger partial charge in [-0.25, -0.2) is 4.98 Å². The molecule has 0 unspecified atom stereocenters. The Hall–Kier alpha value is -2.25. The minimum absolute atomic E-state index is 0.0301. The van der Waals surface area contributed by atoms with Gasteiger partial charge < -0.3 is 14.8 Å². The minimum atomic E-state index is -0.0301. The molecule has 3 aromatic rings. The van der Waals surface area contributed by atoms with Gasteiger partial charge >= 0.3 is 0 Å². The highest BCUT2D eigenvalue weighted by Gasteiger charge is 2.17. The van der Waals surface area contributed by atoms with E-state index in [0.717, 1.165) is 21.7 Å². The van der Waals surface area contributed by atoms with E-state index < -0.39 is 0 Å². The third-order valence-corrected chi connectivity index (χ3v) is 5.42. The van der Waals surface area contributed by atoms with Crippen LogP contribution in [0.3, 0.4) is 0 Å². The van der Waals surface area contributed by atoms with Crippen molar-refractivity contribution in [2.45, 2.75) is 11.3 Å². The highest BCUT2D eigenvalue weighted by atomic mass is 32.2. The van der Waals surface area contributed by atoms with Crippen molar-refractivity contribution in [2.75, 3.05) is 17.9 Å². The molecule has 1 amide bonds. The van der Waals surface area contributed by atoms with Gasteiger partial charge in [-0.05, 0) is 12.1 Å². The summed E-state index contributed by atoms with van der Waals surface area (Å²) in [6.45, 7) is 0.245. The summed E-state index contributed by atoms with van der Waals surface area (Å²) in [5.41, 5.74) is 0.804. The lowest BCUT2D eigenvalue weighted by Gasteiger charge is -2.02. The van der Waals surface area contributed by atoms with Crippen LogP contribution in [0, 0.1) is 0 Å². The number of thioether (sulfide) groups is 1. The third-order valence-electron chi connectivity index (χ3n) is 3.47. The monoisotopic (exact) mass is 358 g/mol. The Morgan fingerprint density at radius 1 is 1.21 bits per heavy atom. The van der Waals surface area contributed by atoms with Crippen LogP contribution in [0.1, 0.15) is 6.42 Å². The van der Waals surface area contributed by atoms with Crippen LogP contribution in [0.15, 0.2) is 47.4 Å². The number of benzene rings is 2. The Bertz CT molecular complexity index is 839. The first kappa shape index (κ1) is 15.3. The summed E-state index contributed by atoms with van der Waals surface area (Å²) in [6.07, 6.45) is 0.443. The smallest absolute Gasteiger partial charge is 0.231 e. The first-order chi connectivity index (χ1) is 11.8. The van der Waals surface area contributed by atoms with Gasteiger partial charge in [-0.15, -0.1) is 11.8 Å². The van der Waals surface area contributed by atoms with E-state index in [0.29, 0.717) is 17.3 Å². The van der Waals surface area contributed by atoms with E-state index in [1.807, 2.05) is 42.5 Å². The average molecular weight is 358 g/mol. The molecule has 0 saturated carbocycles. The summed E-state index contributed by atoms with van der Waals surface area (Å²) in [6, 6.07) is 13.8. The third kappa shape index (κ3) is 3.32. The van der Waals surface area contributed by atoms with Crippen LogP contribution in [0.25, 0.3) is 10.2 Å². The SMILES string of the molecule is O=C(CCSc1ccccc1)Nc1nc2cc3c(cc2s1)OCO3. The normalized spacial score (nSPS) is 12.5. The fourth-order valence-corrected chi connectivity index (χ4v) is 4.10. The molecule has 24 heavy (non-hydrogen) atoms.